The maximum Gasteiger partial charge on any atom is 0.335 e. The quantitative estimate of drug-likeness (QED) is 0.575. The van der Waals surface area contributed by atoms with Crippen LogP contribution in [0.2, 0.25) is 0 Å². The number of nitrogens with one attached hydrogen (secondary N) is 1. The summed E-state index contributed by atoms with van der Waals surface area (Å²) in [5.74, 6) is -1.65. The molecule has 0 saturated heterocycles. The van der Waals surface area contributed by atoms with Gasteiger partial charge in [0.05, 0.1) is 6.42 Å². The lowest BCUT2D eigenvalue weighted by Gasteiger charge is -2.15. The van der Waals surface area contributed by atoms with E-state index >= 15 is 0 Å². The SMILES string of the molecule is O=C1Cc2ccc(C(O)C(O)C(=O)O)cc2N1. The van der Waals surface area contributed by atoms with Crippen LogP contribution in [0.15, 0.2) is 18.2 Å². The second kappa shape index (κ2) is 4.15. The van der Waals surface area contributed by atoms with Gasteiger partial charge < -0.3 is 20.6 Å². The highest BCUT2D eigenvalue weighted by Crippen LogP contribution is 2.27. The summed E-state index contributed by atoms with van der Waals surface area (Å²) < 4.78 is 0. The molecule has 0 aliphatic carbocycles. The first-order valence-electron chi connectivity index (χ1n) is 5.00. The fourth-order valence-corrected chi connectivity index (χ4v) is 1.73. The van der Waals surface area contributed by atoms with E-state index in [1.807, 2.05) is 0 Å². The van der Waals surface area contributed by atoms with E-state index in [1.54, 1.807) is 6.07 Å². The molecule has 1 heterocycles. The van der Waals surface area contributed by atoms with Gasteiger partial charge in [0.1, 0.15) is 6.10 Å². The second-order valence-corrected chi connectivity index (χ2v) is 3.87. The van der Waals surface area contributed by atoms with E-state index < -0.39 is 18.2 Å². The van der Waals surface area contributed by atoms with Crippen LogP contribution >= 0.6 is 0 Å². The molecule has 1 aliphatic heterocycles. The van der Waals surface area contributed by atoms with Gasteiger partial charge in [-0.25, -0.2) is 4.79 Å². The molecule has 0 spiro atoms. The highest BCUT2D eigenvalue weighted by Gasteiger charge is 2.27. The zero-order chi connectivity index (χ0) is 12.6. The number of carbonyl (C=O) groups is 2. The Bertz CT molecular complexity index is 485. The number of amides is 1. The minimum absolute atomic E-state index is 0.148. The molecule has 6 nitrogen and oxygen atoms in total. The molecular weight excluding hydrogens is 226 g/mol. The zero-order valence-corrected chi connectivity index (χ0v) is 8.75. The molecule has 1 amide bonds. The monoisotopic (exact) mass is 237 g/mol. The Morgan fingerprint density at radius 3 is 2.71 bits per heavy atom. The summed E-state index contributed by atoms with van der Waals surface area (Å²) in [5.41, 5.74) is 1.58. The number of fused-ring (bicyclic) bond motifs is 1. The third-order valence-corrected chi connectivity index (χ3v) is 2.65. The molecular formula is C11H11NO5. The number of aliphatic hydroxyl groups is 2. The van der Waals surface area contributed by atoms with Crippen molar-refractivity contribution in [3.8, 4) is 0 Å². The number of anilines is 1. The number of carboxylic acids is 1. The van der Waals surface area contributed by atoms with Crippen LogP contribution in [0.25, 0.3) is 0 Å². The van der Waals surface area contributed by atoms with Crippen molar-refractivity contribution in [1.29, 1.82) is 0 Å². The molecule has 0 bridgehead atoms. The smallest absolute Gasteiger partial charge is 0.335 e. The molecule has 0 saturated carbocycles. The lowest BCUT2D eigenvalue weighted by molar-refractivity contribution is -0.153. The normalized spacial score (nSPS) is 17.2. The Balaban J connectivity index is 2.27. The minimum atomic E-state index is -1.88. The number of hydrogen-bond acceptors (Lipinski definition) is 4. The first kappa shape index (κ1) is 11.6. The van der Waals surface area contributed by atoms with Crippen molar-refractivity contribution < 1.29 is 24.9 Å². The molecule has 1 aromatic carbocycles. The van der Waals surface area contributed by atoms with Crippen molar-refractivity contribution in [3.63, 3.8) is 0 Å². The molecule has 1 aromatic rings. The number of carbonyl (C=O) groups excluding carboxylic acids is 1. The topological polar surface area (TPSA) is 107 Å². The molecule has 2 unspecified atom stereocenters. The van der Waals surface area contributed by atoms with Gasteiger partial charge in [-0.2, -0.15) is 0 Å². The fourth-order valence-electron chi connectivity index (χ4n) is 1.73. The van der Waals surface area contributed by atoms with Crippen LogP contribution in [0.4, 0.5) is 5.69 Å². The van der Waals surface area contributed by atoms with Gasteiger partial charge in [-0.1, -0.05) is 12.1 Å². The van der Waals surface area contributed by atoms with Crippen molar-refractivity contribution in [2.75, 3.05) is 5.32 Å². The Labute approximate surface area is 96.5 Å². The maximum absolute atomic E-state index is 11.1. The van der Waals surface area contributed by atoms with Crippen molar-refractivity contribution in [2.24, 2.45) is 0 Å². The van der Waals surface area contributed by atoms with Crippen LogP contribution in [0.3, 0.4) is 0 Å². The molecule has 2 rings (SSSR count). The van der Waals surface area contributed by atoms with Crippen LogP contribution in [0.5, 0.6) is 0 Å². The first-order valence-corrected chi connectivity index (χ1v) is 5.00. The van der Waals surface area contributed by atoms with Crippen molar-refractivity contribution >= 4 is 17.6 Å². The van der Waals surface area contributed by atoms with Gasteiger partial charge in [0.15, 0.2) is 6.10 Å². The molecule has 4 N–H and O–H groups in total. The van der Waals surface area contributed by atoms with Crippen LogP contribution < -0.4 is 5.32 Å². The van der Waals surface area contributed by atoms with Crippen LogP contribution in [-0.4, -0.2) is 33.3 Å². The van der Waals surface area contributed by atoms with Crippen molar-refractivity contribution in [2.45, 2.75) is 18.6 Å². The number of hydrogen-bond donors (Lipinski definition) is 4. The molecule has 0 radical (unpaired) electrons. The van der Waals surface area contributed by atoms with E-state index in [-0.39, 0.29) is 17.9 Å². The molecule has 17 heavy (non-hydrogen) atoms. The summed E-state index contributed by atoms with van der Waals surface area (Å²) in [6, 6.07) is 4.59. The van der Waals surface area contributed by atoms with Gasteiger partial charge in [0, 0.05) is 5.69 Å². The Kier molecular flexibility index (Phi) is 2.83. The summed E-state index contributed by atoms with van der Waals surface area (Å²) in [6.45, 7) is 0. The standard InChI is InChI=1S/C11H11NO5/c13-8-4-5-1-2-6(3-7(5)12-8)9(14)10(15)11(16)17/h1-3,9-10,14-15H,4H2,(H,12,13)(H,16,17). The number of aliphatic carboxylic acids is 1. The van der Waals surface area contributed by atoms with Crippen molar-refractivity contribution in [1.82, 2.24) is 0 Å². The van der Waals surface area contributed by atoms with E-state index in [1.165, 1.54) is 12.1 Å². The molecule has 0 fully saturated rings. The van der Waals surface area contributed by atoms with Gasteiger partial charge in [0.25, 0.3) is 0 Å². The molecule has 2 atom stereocenters. The van der Waals surface area contributed by atoms with Crippen LogP contribution in [-0.2, 0) is 16.0 Å². The van der Waals surface area contributed by atoms with E-state index in [0.29, 0.717) is 5.69 Å². The van der Waals surface area contributed by atoms with Crippen molar-refractivity contribution in [3.05, 3.63) is 29.3 Å². The highest BCUT2D eigenvalue weighted by atomic mass is 16.4. The van der Waals surface area contributed by atoms with E-state index in [9.17, 15) is 19.8 Å². The van der Waals surface area contributed by atoms with Gasteiger partial charge in [-0.05, 0) is 17.2 Å². The van der Waals surface area contributed by atoms with Gasteiger partial charge in [0.2, 0.25) is 5.91 Å². The number of carboxylic acid groups (broad SMARTS) is 1. The van der Waals surface area contributed by atoms with E-state index in [2.05, 4.69) is 5.32 Å². The predicted octanol–water partition coefficient (Wildman–Crippen LogP) is -0.340. The average molecular weight is 237 g/mol. The largest absolute Gasteiger partial charge is 0.479 e. The van der Waals surface area contributed by atoms with E-state index in [0.717, 1.165) is 5.56 Å². The molecule has 6 heteroatoms. The average Bonchev–Trinajstić information content (AvgIpc) is 2.65. The number of aliphatic hydroxyl groups excluding tert-OH is 2. The third-order valence-electron chi connectivity index (χ3n) is 2.65. The molecule has 1 aliphatic rings. The Morgan fingerprint density at radius 2 is 2.06 bits per heavy atom. The summed E-state index contributed by atoms with van der Waals surface area (Å²) in [6.07, 6.45) is -3.13. The van der Waals surface area contributed by atoms with E-state index in [4.69, 9.17) is 5.11 Å². The first-order chi connectivity index (χ1) is 7.99. The van der Waals surface area contributed by atoms with Gasteiger partial charge >= 0.3 is 5.97 Å². The molecule has 0 aromatic heterocycles. The predicted molar refractivity (Wildman–Crippen MR) is 57.4 cm³/mol. The Morgan fingerprint density at radius 1 is 1.35 bits per heavy atom. The fraction of sp³-hybridized carbons (Fsp3) is 0.273. The summed E-state index contributed by atoms with van der Waals surface area (Å²) in [4.78, 5) is 21.6. The number of benzene rings is 1. The van der Waals surface area contributed by atoms with Crippen LogP contribution in [0, 0.1) is 0 Å². The zero-order valence-electron chi connectivity index (χ0n) is 8.75. The minimum Gasteiger partial charge on any atom is -0.479 e. The second-order valence-electron chi connectivity index (χ2n) is 3.87. The number of rotatable bonds is 3. The third kappa shape index (κ3) is 2.13. The molecule has 90 valence electrons. The summed E-state index contributed by atoms with van der Waals surface area (Å²) in [5, 5.41) is 30.0. The van der Waals surface area contributed by atoms with Crippen LogP contribution in [0.1, 0.15) is 17.2 Å². The maximum atomic E-state index is 11.1. The van der Waals surface area contributed by atoms with Gasteiger partial charge in [-0.15, -0.1) is 0 Å². The lowest BCUT2D eigenvalue weighted by Crippen LogP contribution is -2.27. The lowest BCUT2D eigenvalue weighted by atomic mass is 10.0. The summed E-state index contributed by atoms with van der Waals surface area (Å²) in [7, 11) is 0. The van der Waals surface area contributed by atoms with Gasteiger partial charge in [-0.3, -0.25) is 4.79 Å². The summed E-state index contributed by atoms with van der Waals surface area (Å²) >= 11 is 0. The Hall–Kier alpha value is -1.92. The highest BCUT2D eigenvalue weighted by molar-refractivity contribution is 5.99.